The molecule has 2 unspecified atom stereocenters. The maximum absolute atomic E-state index is 9.72. The molecule has 2 heteroatoms. The maximum Gasteiger partial charge on any atom is 0.0884 e. The van der Waals surface area contributed by atoms with Gasteiger partial charge in [-0.3, -0.25) is 0 Å². The Kier molecular flexibility index (Phi) is 3.76. The number of hydrogen-bond acceptors (Lipinski definition) is 2. The highest BCUT2D eigenvalue weighted by Gasteiger charge is 2.11. The molecule has 2 atom stereocenters. The van der Waals surface area contributed by atoms with Crippen molar-refractivity contribution in [1.29, 1.82) is 0 Å². The van der Waals surface area contributed by atoms with Gasteiger partial charge in [0.25, 0.3) is 0 Å². The quantitative estimate of drug-likeness (QED) is 0.761. The summed E-state index contributed by atoms with van der Waals surface area (Å²) in [7, 11) is 0. The van der Waals surface area contributed by atoms with E-state index in [1.54, 1.807) is 11.3 Å². The van der Waals surface area contributed by atoms with Crippen LogP contribution in [-0.4, -0.2) is 5.11 Å². The van der Waals surface area contributed by atoms with Crippen molar-refractivity contribution in [3.63, 3.8) is 0 Å². The molecule has 0 aromatic carbocycles. The van der Waals surface area contributed by atoms with Gasteiger partial charge in [0.1, 0.15) is 0 Å². The smallest absolute Gasteiger partial charge is 0.0884 e. The molecule has 0 aliphatic rings. The summed E-state index contributed by atoms with van der Waals surface area (Å²) >= 11 is 1.63. The third-order valence-electron chi connectivity index (χ3n) is 2.19. The summed E-state index contributed by atoms with van der Waals surface area (Å²) in [5, 5.41) is 11.7. The van der Waals surface area contributed by atoms with Crippen molar-refractivity contribution in [3.05, 3.63) is 22.4 Å². The summed E-state index contributed by atoms with van der Waals surface area (Å²) in [4.78, 5) is 1.09. The van der Waals surface area contributed by atoms with E-state index in [0.717, 1.165) is 17.7 Å². The fraction of sp³-hybridized carbons (Fsp3) is 0.600. The molecule has 0 saturated heterocycles. The molecular weight excluding hydrogens is 168 g/mol. The van der Waals surface area contributed by atoms with Crippen LogP contribution in [0, 0.1) is 5.92 Å². The van der Waals surface area contributed by atoms with E-state index >= 15 is 0 Å². The summed E-state index contributed by atoms with van der Waals surface area (Å²) in [6.07, 6.45) is 1.78. The van der Waals surface area contributed by atoms with Crippen molar-refractivity contribution >= 4 is 11.3 Å². The Bertz CT molecular complexity index is 206. The van der Waals surface area contributed by atoms with Crippen molar-refractivity contribution in [2.45, 2.75) is 32.8 Å². The molecule has 12 heavy (non-hydrogen) atoms. The molecule has 0 saturated carbocycles. The number of aliphatic hydroxyl groups is 1. The first-order chi connectivity index (χ1) is 5.74. The van der Waals surface area contributed by atoms with Gasteiger partial charge in [-0.2, -0.15) is 0 Å². The molecule has 0 spiro atoms. The van der Waals surface area contributed by atoms with Crippen LogP contribution >= 0.6 is 11.3 Å². The predicted molar refractivity (Wildman–Crippen MR) is 53.4 cm³/mol. The van der Waals surface area contributed by atoms with E-state index in [-0.39, 0.29) is 6.10 Å². The first kappa shape index (κ1) is 9.75. The summed E-state index contributed by atoms with van der Waals surface area (Å²) < 4.78 is 0. The van der Waals surface area contributed by atoms with Crippen molar-refractivity contribution in [2.75, 3.05) is 0 Å². The van der Waals surface area contributed by atoms with E-state index in [2.05, 4.69) is 13.8 Å². The Morgan fingerprint density at radius 1 is 1.58 bits per heavy atom. The van der Waals surface area contributed by atoms with Gasteiger partial charge in [0.15, 0.2) is 0 Å². The minimum atomic E-state index is -0.250. The number of thiophene rings is 1. The lowest BCUT2D eigenvalue weighted by molar-refractivity contribution is 0.150. The van der Waals surface area contributed by atoms with Crippen LogP contribution in [0.5, 0.6) is 0 Å². The molecule has 0 amide bonds. The van der Waals surface area contributed by atoms with Gasteiger partial charge in [0.05, 0.1) is 6.10 Å². The highest BCUT2D eigenvalue weighted by molar-refractivity contribution is 7.10. The zero-order valence-electron chi connectivity index (χ0n) is 7.66. The first-order valence-corrected chi connectivity index (χ1v) is 5.33. The van der Waals surface area contributed by atoms with Crippen molar-refractivity contribution < 1.29 is 5.11 Å². The highest BCUT2D eigenvalue weighted by atomic mass is 32.1. The van der Waals surface area contributed by atoms with Gasteiger partial charge in [0, 0.05) is 4.88 Å². The lowest BCUT2D eigenvalue weighted by Crippen LogP contribution is -2.01. The Labute approximate surface area is 78.1 Å². The van der Waals surface area contributed by atoms with Crippen molar-refractivity contribution in [1.82, 2.24) is 0 Å². The Hall–Kier alpha value is -0.340. The minimum Gasteiger partial charge on any atom is -0.388 e. The van der Waals surface area contributed by atoms with E-state index in [4.69, 9.17) is 0 Å². The average Bonchev–Trinajstić information content (AvgIpc) is 2.56. The summed E-state index contributed by atoms with van der Waals surface area (Å²) in [6.45, 7) is 4.34. The Morgan fingerprint density at radius 2 is 2.33 bits per heavy atom. The second-order valence-electron chi connectivity index (χ2n) is 3.28. The van der Waals surface area contributed by atoms with Crippen LogP contribution in [-0.2, 0) is 0 Å². The highest BCUT2D eigenvalue weighted by Crippen LogP contribution is 2.25. The zero-order valence-corrected chi connectivity index (χ0v) is 8.47. The lowest BCUT2D eigenvalue weighted by atomic mass is 10.0. The standard InChI is InChI=1S/C10H16OS/c1-3-8(2)7-9(11)10-5-4-6-12-10/h4-6,8-9,11H,3,7H2,1-2H3. The fourth-order valence-corrected chi connectivity index (χ4v) is 1.87. The van der Waals surface area contributed by atoms with Gasteiger partial charge in [-0.15, -0.1) is 11.3 Å². The van der Waals surface area contributed by atoms with Crippen LogP contribution in [0.4, 0.5) is 0 Å². The van der Waals surface area contributed by atoms with Crippen LogP contribution in [0.3, 0.4) is 0 Å². The van der Waals surface area contributed by atoms with Gasteiger partial charge in [-0.1, -0.05) is 26.3 Å². The van der Waals surface area contributed by atoms with Crippen LogP contribution in [0.1, 0.15) is 37.7 Å². The van der Waals surface area contributed by atoms with Gasteiger partial charge >= 0.3 is 0 Å². The molecule has 1 heterocycles. The second kappa shape index (κ2) is 4.63. The van der Waals surface area contributed by atoms with Crippen molar-refractivity contribution in [2.24, 2.45) is 5.92 Å². The van der Waals surface area contributed by atoms with E-state index in [0.29, 0.717) is 5.92 Å². The van der Waals surface area contributed by atoms with Gasteiger partial charge in [-0.25, -0.2) is 0 Å². The third-order valence-corrected chi connectivity index (χ3v) is 3.17. The topological polar surface area (TPSA) is 20.2 Å². The van der Waals surface area contributed by atoms with Gasteiger partial charge < -0.3 is 5.11 Å². The number of aliphatic hydroxyl groups excluding tert-OH is 1. The number of rotatable bonds is 4. The maximum atomic E-state index is 9.72. The fourth-order valence-electron chi connectivity index (χ4n) is 1.14. The molecule has 1 aromatic rings. The van der Waals surface area contributed by atoms with E-state index < -0.39 is 0 Å². The van der Waals surface area contributed by atoms with E-state index in [9.17, 15) is 5.11 Å². The Balaban J connectivity index is 2.44. The largest absolute Gasteiger partial charge is 0.388 e. The molecule has 0 aliphatic carbocycles. The molecule has 0 aliphatic heterocycles. The molecule has 68 valence electrons. The third kappa shape index (κ3) is 2.61. The van der Waals surface area contributed by atoms with Gasteiger partial charge in [0.2, 0.25) is 0 Å². The van der Waals surface area contributed by atoms with Gasteiger partial charge in [-0.05, 0) is 23.8 Å². The van der Waals surface area contributed by atoms with Crippen molar-refractivity contribution in [3.8, 4) is 0 Å². The Morgan fingerprint density at radius 3 is 2.83 bits per heavy atom. The molecule has 1 N–H and O–H groups in total. The molecule has 0 radical (unpaired) electrons. The minimum absolute atomic E-state index is 0.250. The van der Waals surface area contributed by atoms with Crippen LogP contribution in [0.15, 0.2) is 17.5 Å². The molecular formula is C10H16OS. The molecule has 1 aromatic heterocycles. The normalized spacial score (nSPS) is 15.9. The molecule has 0 fully saturated rings. The van der Waals surface area contributed by atoms with Crippen LogP contribution < -0.4 is 0 Å². The summed E-state index contributed by atoms with van der Waals surface area (Å²) in [5.41, 5.74) is 0. The van der Waals surface area contributed by atoms with E-state index in [1.165, 1.54) is 0 Å². The molecule has 1 rings (SSSR count). The first-order valence-electron chi connectivity index (χ1n) is 4.45. The van der Waals surface area contributed by atoms with Crippen LogP contribution in [0.2, 0.25) is 0 Å². The average molecular weight is 184 g/mol. The number of hydrogen-bond donors (Lipinski definition) is 1. The zero-order chi connectivity index (χ0) is 8.97. The monoisotopic (exact) mass is 184 g/mol. The van der Waals surface area contributed by atoms with Crippen LogP contribution in [0.25, 0.3) is 0 Å². The predicted octanol–water partition coefficient (Wildman–Crippen LogP) is 3.22. The molecule has 1 nitrogen and oxygen atoms in total. The molecule has 0 bridgehead atoms. The second-order valence-corrected chi connectivity index (χ2v) is 4.26. The SMILES string of the molecule is CCC(C)CC(O)c1cccs1. The van der Waals surface area contributed by atoms with E-state index in [1.807, 2.05) is 17.5 Å². The lowest BCUT2D eigenvalue weighted by Gasteiger charge is -2.12. The summed E-state index contributed by atoms with van der Waals surface area (Å²) in [5.74, 6) is 0.613. The summed E-state index contributed by atoms with van der Waals surface area (Å²) in [6, 6.07) is 3.98.